The smallest absolute Gasteiger partial charge is 0.303 e. The van der Waals surface area contributed by atoms with Crippen LogP contribution in [0.4, 0.5) is 0 Å². The van der Waals surface area contributed by atoms with Gasteiger partial charge in [-0.05, 0) is 30.2 Å². The quantitative estimate of drug-likeness (QED) is 0.756. The maximum absolute atomic E-state index is 10.8. The molecule has 2 N–H and O–H groups in total. The maximum Gasteiger partial charge on any atom is 0.303 e. The van der Waals surface area contributed by atoms with Crippen molar-refractivity contribution >= 4 is 11.9 Å². The van der Waals surface area contributed by atoms with Crippen molar-refractivity contribution in [2.45, 2.75) is 44.4 Å². The number of aliphatic carboxylic acids is 2. The van der Waals surface area contributed by atoms with Crippen molar-refractivity contribution in [3.05, 3.63) is 35.9 Å². The zero-order chi connectivity index (χ0) is 14.3. The molecule has 4 heteroatoms. The Balaban J connectivity index is 2.77. The molecule has 1 atom stereocenters. The van der Waals surface area contributed by atoms with Crippen molar-refractivity contribution < 1.29 is 19.8 Å². The molecule has 0 radical (unpaired) electrons. The second kappa shape index (κ2) is 6.92. The number of carboxylic acids is 2. The molecule has 0 aromatic heterocycles. The minimum absolute atomic E-state index is 0.0957. The Morgan fingerprint density at radius 1 is 1.00 bits per heavy atom. The molecule has 0 saturated heterocycles. The number of hydrogen-bond donors (Lipinski definition) is 2. The summed E-state index contributed by atoms with van der Waals surface area (Å²) in [6, 6.07) is 9.71. The third kappa shape index (κ3) is 5.12. The Kier molecular flexibility index (Phi) is 5.55. The molecule has 1 aromatic carbocycles. The lowest BCUT2D eigenvalue weighted by molar-refractivity contribution is -0.138. The highest BCUT2D eigenvalue weighted by atomic mass is 16.4. The summed E-state index contributed by atoms with van der Waals surface area (Å²) >= 11 is 0. The van der Waals surface area contributed by atoms with Gasteiger partial charge < -0.3 is 10.2 Å². The largest absolute Gasteiger partial charge is 0.481 e. The molecule has 4 nitrogen and oxygen atoms in total. The van der Waals surface area contributed by atoms with Crippen LogP contribution in [0.25, 0.3) is 0 Å². The summed E-state index contributed by atoms with van der Waals surface area (Å²) in [4.78, 5) is 21.4. The first-order chi connectivity index (χ1) is 8.94. The summed E-state index contributed by atoms with van der Waals surface area (Å²) < 4.78 is 0. The van der Waals surface area contributed by atoms with Crippen LogP contribution >= 0.6 is 0 Å². The van der Waals surface area contributed by atoms with Gasteiger partial charge in [0, 0.05) is 12.8 Å². The van der Waals surface area contributed by atoms with Crippen LogP contribution in [0.3, 0.4) is 0 Å². The summed E-state index contributed by atoms with van der Waals surface area (Å²) in [5.41, 5.74) is 0.788. The predicted molar refractivity (Wildman–Crippen MR) is 72.2 cm³/mol. The van der Waals surface area contributed by atoms with Gasteiger partial charge in [-0.15, -0.1) is 0 Å². The molecule has 0 spiro atoms. The van der Waals surface area contributed by atoms with Crippen LogP contribution < -0.4 is 0 Å². The zero-order valence-corrected chi connectivity index (χ0v) is 11.1. The van der Waals surface area contributed by atoms with E-state index in [1.807, 2.05) is 37.3 Å². The molecule has 0 heterocycles. The van der Waals surface area contributed by atoms with E-state index >= 15 is 0 Å². The Hall–Kier alpha value is -1.84. The van der Waals surface area contributed by atoms with Crippen LogP contribution in [0.1, 0.15) is 44.6 Å². The Morgan fingerprint density at radius 2 is 1.58 bits per heavy atom. The Labute approximate surface area is 113 Å². The van der Waals surface area contributed by atoms with Gasteiger partial charge in [0.2, 0.25) is 0 Å². The molecule has 19 heavy (non-hydrogen) atoms. The third-order valence-corrected chi connectivity index (χ3v) is 3.48. The lowest BCUT2D eigenvalue weighted by atomic mass is 9.75. The van der Waals surface area contributed by atoms with Crippen LogP contribution in [-0.4, -0.2) is 22.2 Å². The average Bonchev–Trinajstić information content (AvgIpc) is 2.37. The molecule has 0 aliphatic rings. The summed E-state index contributed by atoms with van der Waals surface area (Å²) in [5, 5.41) is 17.5. The molecule has 0 fully saturated rings. The monoisotopic (exact) mass is 264 g/mol. The standard InChI is InChI=1S/C15H20O4/c1-15(11-9-14(18)19,10-5-8-13(16)17)12-6-3-2-4-7-12/h2-4,6-7H,5,8-11H2,1H3,(H,16,17)(H,18,19). The van der Waals surface area contributed by atoms with Crippen molar-refractivity contribution in [1.29, 1.82) is 0 Å². The van der Waals surface area contributed by atoms with Crippen LogP contribution in [0, 0.1) is 0 Å². The molecule has 0 amide bonds. The van der Waals surface area contributed by atoms with Gasteiger partial charge in [-0.1, -0.05) is 37.3 Å². The van der Waals surface area contributed by atoms with Crippen LogP contribution in [0.2, 0.25) is 0 Å². The molecule has 1 rings (SSSR count). The van der Waals surface area contributed by atoms with Gasteiger partial charge >= 0.3 is 11.9 Å². The Bertz CT molecular complexity index is 427. The van der Waals surface area contributed by atoms with Crippen molar-refractivity contribution in [2.75, 3.05) is 0 Å². The first kappa shape index (κ1) is 15.2. The second-order valence-electron chi connectivity index (χ2n) is 5.07. The van der Waals surface area contributed by atoms with E-state index in [0.29, 0.717) is 19.3 Å². The van der Waals surface area contributed by atoms with Gasteiger partial charge in [-0.3, -0.25) is 9.59 Å². The minimum Gasteiger partial charge on any atom is -0.481 e. The molecule has 0 aliphatic carbocycles. The van der Waals surface area contributed by atoms with Gasteiger partial charge in [0.05, 0.1) is 0 Å². The van der Waals surface area contributed by atoms with Crippen LogP contribution in [0.5, 0.6) is 0 Å². The summed E-state index contributed by atoms with van der Waals surface area (Å²) in [6.07, 6.45) is 1.97. The molecular formula is C15H20O4. The second-order valence-corrected chi connectivity index (χ2v) is 5.07. The highest BCUT2D eigenvalue weighted by molar-refractivity contribution is 5.67. The lowest BCUT2D eigenvalue weighted by Gasteiger charge is -2.30. The highest BCUT2D eigenvalue weighted by Crippen LogP contribution is 2.34. The summed E-state index contributed by atoms with van der Waals surface area (Å²) in [7, 11) is 0. The molecule has 0 aliphatic heterocycles. The Morgan fingerprint density at radius 3 is 2.11 bits per heavy atom. The van der Waals surface area contributed by atoms with E-state index in [4.69, 9.17) is 10.2 Å². The van der Waals surface area contributed by atoms with Crippen LogP contribution in [-0.2, 0) is 15.0 Å². The van der Waals surface area contributed by atoms with Crippen molar-refractivity contribution in [3.63, 3.8) is 0 Å². The molecule has 1 unspecified atom stereocenters. The SMILES string of the molecule is CC(CCCC(=O)O)(CCC(=O)O)c1ccccc1. The number of hydrogen-bond acceptors (Lipinski definition) is 2. The van der Waals surface area contributed by atoms with Gasteiger partial charge in [-0.2, -0.15) is 0 Å². The normalized spacial score (nSPS) is 13.7. The predicted octanol–water partition coefficient (Wildman–Crippen LogP) is 3.06. The maximum atomic E-state index is 10.8. The molecular weight excluding hydrogens is 244 g/mol. The van der Waals surface area contributed by atoms with E-state index in [1.165, 1.54) is 0 Å². The van der Waals surface area contributed by atoms with Crippen molar-refractivity contribution in [3.8, 4) is 0 Å². The van der Waals surface area contributed by atoms with Gasteiger partial charge in [0.1, 0.15) is 0 Å². The van der Waals surface area contributed by atoms with E-state index in [1.54, 1.807) is 0 Å². The summed E-state index contributed by atoms with van der Waals surface area (Å²) in [6.45, 7) is 2.01. The average molecular weight is 264 g/mol. The lowest BCUT2D eigenvalue weighted by Crippen LogP contribution is -2.23. The molecule has 0 saturated carbocycles. The molecule has 1 aromatic rings. The topological polar surface area (TPSA) is 74.6 Å². The zero-order valence-electron chi connectivity index (χ0n) is 11.1. The fraction of sp³-hybridized carbons (Fsp3) is 0.467. The first-order valence-corrected chi connectivity index (χ1v) is 6.43. The van der Waals surface area contributed by atoms with E-state index in [0.717, 1.165) is 5.56 Å². The first-order valence-electron chi connectivity index (χ1n) is 6.43. The number of rotatable bonds is 8. The number of carboxylic acid groups (broad SMARTS) is 2. The van der Waals surface area contributed by atoms with E-state index < -0.39 is 11.9 Å². The van der Waals surface area contributed by atoms with E-state index in [9.17, 15) is 9.59 Å². The van der Waals surface area contributed by atoms with Crippen molar-refractivity contribution in [2.24, 2.45) is 0 Å². The fourth-order valence-electron chi connectivity index (χ4n) is 2.27. The fourth-order valence-corrected chi connectivity index (χ4v) is 2.27. The third-order valence-electron chi connectivity index (χ3n) is 3.48. The molecule has 0 bridgehead atoms. The minimum atomic E-state index is -0.819. The summed E-state index contributed by atoms with van der Waals surface area (Å²) in [5.74, 6) is -1.63. The van der Waals surface area contributed by atoms with E-state index in [2.05, 4.69) is 0 Å². The molecule has 104 valence electrons. The van der Waals surface area contributed by atoms with Crippen LogP contribution in [0.15, 0.2) is 30.3 Å². The van der Waals surface area contributed by atoms with Crippen molar-refractivity contribution in [1.82, 2.24) is 0 Å². The highest BCUT2D eigenvalue weighted by Gasteiger charge is 2.27. The van der Waals surface area contributed by atoms with E-state index in [-0.39, 0.29) is 18.3 Å². The number of carbonyl (C=O) groups is 2. The van der Waals surface area contributed by atoms with Gasteiger partial charge in [-0.25, -0.2) is 0 Å². The van der Waals surface area contributed by atoms with Gasteiger partial charge in [0.25, 0.3) is 0 Å². The number of benzene rings is 1. The van der Waals surface area contributed by atoms with Gasteiger partial charge in [0.15, 0.2) is 0 Å².